The summed E-state index contributed by atoms with van der Waals surface area (Å²) in [5.74, 6) is -1.34. The molecule has 2 rings (SSSR count). The Balaban J connectivity index is 2.09. The predicted molar refractivity (Wildman–Crippen MR) is 82.4 cm³/mol. The Hall–Kier alpha value is -1.72. The summed E-state index contributed by atoms with van der Waals surface area (Å²) >= 11 is 10.9. The van der Waals surface area contributed by atoms with Crippen molar-refractivity contribution in [2.24, 2.45) is 0 Å². The van der Waals surface area contributed by atoms with E-state index in [0.29, 0.717) is 5.02 Å². The second-order valence-corrected chi connectivity index (χ2v) is 5.01. The van der Waals surface area contributed by atoms with Gasteiger partial charge in [-0.2, -0.15) is 0 Å². The lowest BCUT2D eigenvalue weighted by Crippen LogP contribution is -2.20. The maximum atomic E-state index is 13.5. The molecule has 0 saturated carbocycles. The third kappa shape index (κ3) is 3.65. The molecule has 0 spiro atoms. The Bertz CT molecular complexity index is 606. The molecule has 0 aliphatic carbocycles. The van der Waals surface area contributed by atoms with Gasteiger partial charge in [-0.1, -0.05) is 11.6 Å². The lowest BCUT2D eigenvalue weighted by Gasteiger charge is -2.13. The molecule has 6 heteroatoms. The predicted octanol–water partition coefficient (Wildman–Crippen LogP) is 4.74. The number of nitrogens with one attached hydrogen (secondary N) is 2. The lowest BCUT2D eigenvalue weighted by atomic mass is 10.2. The van der Waals surface area contributed by atoms with E-state index < -0.39 is 11.6 Å². The van der Waals surface area contributed by atoms with Crippen LogP contribution >= 0.6 is 23.8 Å². The van der Waals surface area contributed by atoms with Crippen LogP contribution in [0.4, 0.5) is 20.2 Å². The molecular weight excluding hydrogens is 302 g/mol. The minimum Gasteiger partial charge on any atom is -0.332 e. The van der Waals surface area contributed by atoms with Crippen LogP contribution in [0.2, 0.25) is 5.02 Å². The van der Waals surface area contributed by atoms with Crippen molar-refractivity contribution in [2.45, 2.75) is 6.92 Å². The fourth-order valence-electron chi connectivity index (χ4n) is 1.63. The van der Waals surface area contributed by atoms with Gasteiger partial charge >= 0.3 is 0 Å². The summed E-state index contributed by atoms with van der Waals surface area (Å²) in [5, 5.41) is 6.43. The van der Waals surface area contributed by atoms with Gasteiger partial charge in [0.25, 0.3) is 0 Å². The van der Waals surface area contributed by atoms with Gasteiger partial charge in [0.15, 0.2) is 5.11 Å². The van der Waals surface area contributed by atoms with E-state index in [9.17, 15) is 8.78 Å². The van der Waals surface area contributed by atoms with Gasteiger partial charge in [-0.15, -0.1) is 0 Å². The minimum absolute atomic E-state index is 0.107. The van der Waals surface area contributed by atoms with Crippen molar-refractivity contribution in [3.63, 3.8) is 0 Å². The molecule has 0 heterocycles. The first kappa shape index (κ1) is 14.7. The van der Waals surface area contributed by atoms with Crippen molar-refractivity contribution >= 4 is 40.3 Å². The first-order valence-corrected chi connectivity index (χ1v) is 6.53. The van der Waals surface area contributed by atoms with Crippen LogP contribution in [0.3, 0.4) is 0 Å². The maximum Gasteiger partial charge on any atom is 0.175 e. The first-order chi connectivity index (χ1) is 9.45. The van der Waals surface area contributed by atoms with Crippen LogP contribution in [0.1, 0.15) is 5.56 Å². The van der Waals surface area contributed by atoms with Gasteiger partial charge in [0.05, 0.1) is 5.69 Å². The van der Waals surface area contributed by atoms with E-state index in [4.69, 9.17) is 23.8 Å². The first-order valence-electron chi connectivity index (χ1n) is 5.75. The molecule has 20 heavy (non-hydrogen) atoms. The van der Waals surface area contributed by atoms with Crippen LogP contribution in [0.25, 0.3) is 0 Å². The standard InChI is InChI=1S/C14H11ClF2N2S/c1-8-6-9(15)2-4-12(8)18-14(20)19-13-5-3-10(16)7-11(13)17/h2-7H,1H3,(H2,18,19,20). The van der Waals surface area contributed by atoms with Crippen molar-refractivity contribution in [1.82, 2.24) is 0 Å². The zero-order chi connectivity index (χ0) is 14.7. The quantitative estimate of drug-likeness (QED) is 0.784. The fourth-order valence-corrected chi connectivity index (χ4v) is 2.08. The van der Waals surface area contributed by atoms with Gasteiger partial charge in [0.1, 0.15) is 11.6 Å². The van der Waals surface area contributed by atoms with E-state index in [1.54, 1.807) is 18.2 Å². The zero-order valence-electron chi connectivity index (χ0n) is 10.5. The molecule has 0 aliphatic heterocycles. The van der Waals surface area contributed by atoms with Gasteiger partial charge in [-0.3, -0.25) is 0 Å². The fraction of sp³-hybridized carbons (Fsp3) is 0.0714. The molecule has 0 saturated heterocycles. The zero-order valence-corrected chi connectivity index (χ0v) is 12.1. The summed E-state index contributed by atoms with van der Waals surface area (Å²) in [5.41, 5.74) is 1.77. The summed E-state index contributed by atoms with van der Waals surface area (Å²) in [6, 6.07) is 8.50. The molecule has 2 nitrogen and oxygen atoms in total. The second-order valence-electron chi connectivity index (χ2n) is 4.16. The van der Waals surface area contributed by atoms with Crippen molar-refractivity contribution in [3.05, 3.63) is 58.6 Å². The van der Waals surface area contributed by atoms with Crippen molar-refractivity contribution in [1.29, 1.82) is 0 Å². The van der Waals surface area contributed by atoms with Crippen LogP contribution in [-0.2, 0) is 0 Å². The van der Waals surface area contributed by atoms with E-state index in [0.717, 1.165) is 23.4 Å². The second kappa shape index (κ2) is 6.15. The minimum atomic E-state index is -0.707. The topological polar surface area (TPSA) is 24.1 Å². The van der Waals surface area contributed by atoms with Crippen LogP contribution in [0.15, 0.2) is 36.4 Å². The van der Waals surface area contributed by atoms with Crippen LogP contribution in [0.5, 0.6) is 0 Å². The van der Waals surface area contributed by atoms with Crippen LogP contribution in [-0.4, -0.2) is 5.11 Å². The van der Waals surface area contributed by atoms with E-state index in [-0.39, 0.29) is 10.8 Å². The molecule has 104 valence electrons. The summed E-state index contributed by atoms with van der Waals surface area (Å²) in [6.07, 6.45) is 0. The van der Waals surface area contributed by atoms with E-state index >= 15 is 0 Å². The normalized spacial score (nSPS) is 10.2. The number of benzene rings is 2. The molecule has 2 aromatic rings. The van der Waals surface area contributed by atoms with Crippen molar-refractivity contribution in [3.8, 4) is 0 Å². The molecule has 0 radical (unpaired) electrons. The molecule has 2 N–H and O–H groups in total. The average molecular weight is 313 g/mol. The summed E-state index contributed by atoms with van der Waals surface area (Å²) in [7, 11) is 0. The summed E-state index contributed by atoms with van der Waals surface area (Å²) < 4.78 is 26.3. The Labute approximate surface area is 125 Å². The number of anilines is 2. The number of rotatable bonds is 2. The number of halogens is 3. The molecule has 0 bridgehead atoms. The Morgan fingerprint density at radius 2 is 1.70 bits per heavy atom. The monoisotopic (exact) mass is 312 g/mol. The number of hydrogen-bond donors (Lipinski definition) is 2. The van der Waals surface area contributed by atoms with Crippen LogP contribution < -0.4 is 10.6 Å². The highest BCUT2D eigenvalue weighted by atomic mass is 35.5. The Kier molecular flexibility index (Phi) is 4.52. The smallest absolute Gasteiger partial charge is 0.175 e. The SMILES string of the molecule is Cc1cc(Cl)ccc1NC(=S)Nc1ccc(F)cc1F. The van der Waals surface area contributed by atoms with Gasteiger partial charge in [-0.05, 0) is 55.0 Å². The Morgan fingerprint density at radius 3 is 2.35 bits per heavy atom. The number of aryl methyl sites for hydroxylation is 1. The van der Waals surface area contributed by atoms with E-state index in [1.165, 1.54) is 6.07 Å². The average Bonchev–Trinajstić information content (AvgIpc) is 2.36. The van der Waals surface area contributed by atoms with Gasteiger partial charge in [-0.25, -0.2) is 8.78 Å². The Morgan fingerprint density at radius 1 is 1.05 bits per heavy atom. The highest BCUT2D eigenvalue weighted by molar-refractivity contribution is 7.80. The van der Waals surface area contributed by atoms with E-state index in [1.807, 2.05) is 6.92 Å². The number of hydrogen-bond acceptors (Lipinski definition) is 1. The maximum absolute atomic E-state index is 13.5. The van der Waals surface area contributed by atoms with Gasteiger partial charge in [0.2, 0.25) is 0 Å². The third-order valence-corrected chi connectivity index (χ3v) is 3.06. The molecule has 0 amide bonds. The summed E-state index contributed by atoms with van der Waals surface area (Å²) in [4.78, 5) is 0. The third-order valence-electron chi connectivity index (χ3n) is 2.62. The molecule has 0 aromatic heterocycles. The van der Waals surface area contributed by atoms with E-state index in [2.05, 4.69) is 10.6 Å². The highest BCUT2D eigenvalue weighted by Crippen LogP contribution is 2.20. The van der Waals surface area contributed by atoms with Crippen LogP contribution in [0, 0.1) is 18.6 Å². The van der Waals surface area contributed by atoms with Gasteiger partial charge in [0, 0.05) is 16.8 Å². The number of thiocarbonyl (C=S) groups is 1. The highest BCUT2D eigenvalue weighted by Gasteiger charge is 2.07. The molecule has 0 aliphatic rings. The molecular formula is C14H11ClF2N2S. The molecule has 0 unspecified atom stereocenters. The molecule has 0 fully saturated rings. The largest absolute Gasteiger partial charge is 0.332 e. The molecule has 0 atom stereocenters. The lowest BCUT2D eigenvalue weighted by molar-refractivity contribution is 0.586. The van der Waals surface area contributed by atoms with Crippen molar-refractivity contribution < 1.29 is 8.78 Å². The van der Waals surface area contributed by atoms with Crippen molar-refractivity contribution in [2.75, 3.05) is 10.6 Å². The van der Waals surface area contributed by atoms with Gasteiger partial charge < -0.3 is 10.6 Å². The molecule has 2 aromatic carbocycles. The summed E-state index contributed by atoms with van der Waals surface area (Å²) in [6.45, 7) is 1.87.